The molecule has 0 unspecified atom stereocenters. The summed E-state index contributed by atoms with van der Waals surface area (Å²) in [6, 6.07) is 3.59. The van der Waals surface area contributed by atoms with Crippen molar-refractivity contribution in [1.29, 1.82) is 0 Å². The summed E-state index contributed by atoms with van der Waals surface area (Å²) in [5, 5.41) is 13.2. The van der Waals surface area contributed by atoms with Crippen LogP contribution in [0.25, 0.3) is 0 Å². The molecule has 0 spiro atoms. The molecule has 6 nitrogen and oxygen atoms in total. The maximum Gasteiger partial charge on any atom is 0.276 e. The second-order valence-electron chi connectivity index (χ2n) is 4.60. The minimum Gasteiger partial charge on any atom is -0.320 e. The first-order chi connectivity index (χ1) is 9.24. The van der Waals surface area contributed by atoms with Gasteiger partial charge in [-0.2, -0.15) is 5.10 Å². The number of aromatic amines is 1. The van der Waals surface area contributed by atoms with E-state index in [0.29, 0.717) is 12.2 Å². The molecule has 3 heterocycles. The van der Waals surface area contributed by atoms with E-state index in [-0.39, 0.29) is 5.91 Å². The fourth-order valence-electron chi connectivity index (χ4n) is 2.23. The topological polar surface area (TPSA) is 82.7 Å². The number of aromatic nitrogens is 3. The zero-order valence-electron chi connectivity index (χ0n) is 10.7. The number of nitrogens with one attached hydrogen (secondary N) is 3. The molecular formula is C13H15N5O. The van der Waals surface area contributed by atoms with E-state index in [4.69, 9.17) is 0 Å². The molecule has 0 bridgehead atoms. The molecule has 2 aromatic rings. The van der Waals surface area contributed by atoms with Crippen LogP contribution in [0, 0.1) is 6.92 Å². The van der Waals surface area contributed by atoms with Gasteiger partial charge in [-0.15, -0.1) is 0 Å². The standard InChI is InChI=1S/C13H15N5O/c1-8-6-9(2-5-15-8)16-13(19)12-10-7-14-4-3-11(10)17-18-12/h2,5-6,14H,3-4,7H2,1H3,(H,17,18)(H,15,16,19). The number of anilines is 1. The summed E-state index contributed by atoms with van der Waals surface area (Å²) in [4.78, 5) is 16.3. The van der Waals surface area contributed by atoms with Gasteiger partial charge in [0.1, 0.15) is 0 Å². The predicted molar refractivity (Wildman–Crippen MR) is 70.9 cm³/mol. The molecule has 0 radical (unpaired) electrons. The van der Waals surface area contributed by atoms with Gasteiger partial charge in [-0.25, -0.2) is 0 Å². The molecule has 1 amide bonds. The van der Waals surface area contributed by atoms with Crippen LogP contribution in [0.15, 0.2) is 18.3 Å². The fraction of sp³-hybridized carbons (Fsp3) is 0.308. The number of hydrogen-bond acceptors (Lipinski definition) is 4. The lowest BCUT2D eigenvalue weighted by Crippen LogP contribution is -2.25. The highest BCUT2D eigenvalue weighted by Gasteiger charge is 2.21. The van der Waals surface area contributed by atoms with Gasteiger partial charge in [-0.05, 0) is 19.1 Å². The Kier molecular flexibility index (Phi) is 3.00. The highest BCUT2D eigenvalue weighted by Crippen LogP contribution is 2.17. The number of nitrogens with zero attached hydrogens (tertiary/aromatic N) is 2. The predicted octanol–water partition coefficient (Wildman–Crippen LogP) is 1.01. The molecule has 0 fully saturated rings. The number of carbonyl (C=O) groups excluding carboxylic acids is 1. The van der Waals surface area contributed by atoms with Crippen molar-refractivity contribution in [2.45, 2.75) is 19.9 Å². The molecule has 3 N–H and O–H groups in total. The Labute approximate surface area is 110 Å². The van der Waals surface area contributed by atoms with Crippen molar-refractivity contribution in [2.24, 2.45) is 0 Å². The third-order valence-corrected chi connectivity index (χ3v) is 3.18. The van der Waals surface area contributed by atoms with E-state index in [2.05, 4.69) is 25.8 Å². The summed E-state index contributed by atoms with van der Waals surface area (Å²) in [5.41, 5.74) is 4.09. The first kappa shape index (κ1) is 11.9. The monoisotopic (exact) mass is 257 g/mol. The lowest BCUT2D eigenvalue weighted by molar-refractivity contribution is 0.102. The van der Waals surface area contributed by atoms with Crippen molar-refractivity contribution < 1.29 is 4.79 Å². The normalized spacial score (nSPS) is 13.9. The van der Waals surface area contributed by atoms with Gasteiger partial charge in [-0.3, -0.25) is 14.9 Å². The molecule has 98 valence electrons. The molecular weight excluding hydrogens is 242 g/mol. The van der Waals surface area contributed by atoms with E-state index >= 15 is 0 Å². The van der Waals surface area contributed by atoms with Crippen LogP contribution in [0.5, 0.6) is 0 Å². The van der Waals surface area contributed by atoms with Crippen LogP contribution in [-0.4, -0.2) is 27.6 Å². The summed E-state index contributed by atoms with van der Waals surface area (Å²) in [6.45, 7) is 3.49. The van der Waals surface area contributed by atoms with Crippen molar-refractivity contribution in [1.82, 2.24) is 20.5 Å². The van der Waals surface area contributed by atoms with Crippen LogP contribution in [-0.2, 0) is 13.0 Å². The number of rotatable bonds is 2. The first-order valence-corrected chi connectivity index (χ1v) is 6.25. The van der Waals surface area contributed by atoms with Crippen molar-refractivity contribution in [2.75, 3.05) is 11.9 Å². The highest BCUT2D eigenvalue weighted by atomic mass is 16.1. The molecule has 19 heavy (non-hydrogen) atoms. The van der Waals surface area contributed by atoms with E-state index in [1.807, 2.05) is 13.0 Å². The molecule has 0 aliphatic carbocycles. The molecule has 0 saturated heterocycles. The molecule has 0 atom stereocenters. The van der Waals surface area contributed by atoms with Crippen LogP contribution in [0.2, 0.25) is 0 Å². The summed E-state index contributed by atoms with van der Waals surface area (Å²) in [5.74, 6) is -0.188. The smallest absolute Gasteiger partial charge is 0.276 e. The Balaban J connectivity index is 1.83. The van der Waals surface area contributed by atoms with E-state index in [9.17, 15) is 4.79 Å². The molecule has 1 aliphatic rings. The largest absolute Gasteiger partial charge is 0.320 e. The van der Waals surface area contributed by atoms with Crippen molar-refractivity contribution in [3.63, 3.8) is 0 Å². The Morgan fingerprint density at radius 2 is 2.37 bits per heavy atom. The third kappa shape index (κ3) is 2.34. The highest BCUT2D eigenvalue weighted by molar-refractivity contribution is 6.04. The minimum absolute atomic E-state index is 0.188. The van der Waals surface area contributed by atoms with Gasteiger partial charge in [0.25, 0.3) is 5.91 Å². The maximum absolute atomic E-state index is 12.2. The number of carbonyl (C=O) groups is 1. The Morgan fingerprint density at radius 3 is 3.21 bits per heavy atom. The van der Waals surface area contributed by atoms with Crippen LogP contribution >= 0.6 is 0 Å². The molecule has 0 saturated carbocycles. The van der Waals surface area contributed by atoms with Crippen molar-refractivity contribution >= 4 is 11.6 Å². The minimum atomic E-state index is -0.188. The average Bonchev–Trinajstić information content (AvgIpc) is 2.82. The molecule has 3 rings (SSSR count). The Hall–Kier alpha value is -2.21. The van der Waals surface area contributed by atoms with E-state index in [1.165, 1.54) is 0 Å². The number of H-pyrrole nitrogens is 1. The second-order valence-corrected chi connectivity index (χ2v) is 4.60. The van der Waals surface area contributed by atoms with Gasteiger partial charge < -0.3 is 10.6 Å². The zero-order chi connectivity index (χ0) is 13.2. The van der Waals surface area contributed by atoms with Gasteiger partial charge in [0, 0.05) is 48.3 Å². The first-order valence-electron chi connectivity index (χ1n) is 6.25. The average molecular weight is 257 g/mol. The van der Waals surface area contributed by atoms with Crippen LogP contribution in [0.4, 0.5) is 5.69 Å². The quantitative estimate of drug-likeness (QED) is 0.750. The van der Waals surface area contributed by atoms with Crippen molar-refractivity contribution in [3.8, 4) is 0 Å². The van der Waals surface area contributed by atoms with Gasteiger partial charge in [0.05, 0.1) is 0 Å². The second kappa shape index (κ2) is 4.81. The van der Waals surface area contributed by atoms with Crippen LogP contribution < -0.4 is 10.6 Å². The Bertz CT molecular complexity index is 619. The van der Waals surface area contributed by atoms with Crippen molar-refractivity contribution in [3.05, 3.63) is 41.0 Å². The lowest BCUT2D eigenvalue weighted by atomic mass is 10.1. The number of fused-ring (bicyclic) bond motifs is 1. The zero-order valence-corrected chi connectivity index (χ0v) is 10.7. The summed E-state index contributed by atoms with van der Waals surface area (Å²) in [7, 11) is 0. The van der Waals surface area contributed by atoms with E-state index in [1.54, 1.807) is 12.3 Å². The van der Waals surface area contributed by atoms with Gasteiger partial charge in [-0.1, -0.05) is 0 Å². The molecule has 0 aromatic carbocycles. The number of hydrogen-bond donors (Lipinski definition) is 3. The molecule has 6 heteroatoms. The fourth-order valence-corrected chi connectivity index (χ4v) is 2.23. The lowest BCUT2D eigenvalue weighted by Gasteiger charge is -2.12. The summed E-state index contributed by atoms with van der Waals surface area (Å²) >= 11 is 0. The van der Waals surface area contributed by atoms with Gasteiger partial charge >= 0.3 is 0 Å². The molecule has 2 aromatic heterocycles. The third-order valence-electron chi connectivity index (χ3n) is 3.18. The van der Waals surface area contributed by atoms with E-state index < -0.39 is 0 Å². The van der Waals surface area contributed by atoms with Crippen LogP contribution in [0.1, 0.15) is 27.4 Å². The van der Waals surface area contributed by atoms with Gasteiger partial charge in [0.2, 0.25) is 0 Å². The number of pyridine rings is 1. The van der Waals surface area contributed by atoms with Gasteiger partial charge in [0.15, 0.2) is 5.69 Å². The van der Waals surface area contributed by atoms with Crippen LogP contribution in [0.3, 0.4) is 0 Å². The number of amides is 1. The molecule has 1 aliphatic heterocycles. The Morgan fingerprint density at radius 1 is 1.47 bits per heavy atom. The SMILES string of the molecule is Cc1cc(NC(=O)c2n[nH]c3c2CNCC3)ccn1. The summed E-state index contributed by atoms with van der Waals surface area (Å²) in [6.07, 6.45) is 2.55. The number of aryl methyl sites for hydroxylation is 1. The van der Waals surface area contributed by atoms with E-state index in [0.717, 1.165) is 35.6 Å². The maximum atomic E-state index is 12.2. The summed E-state index contributed by atoms with van der Waals surface area (Å²) < 4.78 is 0.